The number of carbonyl (C=O) groups is 1. The first kappa shape index (κ1) is 12.2. The van der Waals surface area contributed by atoms with Gasteiger partial charge >= 0.3 is 0 Å². The van der Waals surface area contributed by atoms with E-state index in [4.69, 9.17) is 0 Å². The van der Waals surface area contributed by atoms with Gasteiger partial charge in [0.15, 0.2) is 0 Å². The molecule has 0 aromatic carbocycles. The normalized spacial score (nSPS) is 30.3. The molecule has 2 atom stereocenters. The van der Waals surface area contributed by atoms with Gasteiger partial charge in [-0.3, -0.25) is 4.79 Å². The van der Waals surface area contributed by atoms with Gasteiger partial charge in [-0.2, -0.15) is 11.8 Å². The molecule has 0 saturated carbocycles. The number of hydrogen-bond donors (Lipinski definition) is 1. The predicted molar refractivity (Wildman–Crippen MR) is 68.7 cm³/mol. The van der Waals surface area contributed by atoms with E-state index in [1.54, 1.807) is 0 Å². The first-order valence-corrected chi connectivity index (χ1v) is 7.46. The molecular weight excluding hydrogens is 220 g/mol. The van der Waals surface area contributed by atoms with Crippen LogP contribution in [0.2, 0.25) is 0 Å². The first-order chi connectivity index (χ1) is 7.77. The Bertz CT molecular complexity index is 235. The monoisotopic (exact) mass is 242 g/mol. The summed E-state index contributed by atoms with van der Waals surface area (Å²) in [4.78, 5) is 14.1. The van der Waals surface area contributed by atoms with E-state index in [0.29, 0.717) is 17.7 Å². The van der Waals surface area contributed by atoms with Crippen molar-refractivity contribution >= 4 is 17.7 Å². The van der Waals surface area contributed by atoms with E-state index in [-0.39, 0.29) is 0 Å². The third kappa shape index (κ3) is 3.14. The van der Waals surface area contributed by atoms with E-state index in [1.807, 2.05) is 23.7 Å². The fourth-order valence-corrected chi connectivity index (χ4v) is 3.81. The minimum Gasteiger partial charge on any atom is -0.345 e. The Balaban J connectivity index is 1.77. The van der Waals surface area contributed by atoms with Crippen molar-refractivity contribution in [3.63, 3.8) is 0 Å². The standard InChI is InChI=1S/C12H22N2OS/c1-14(8-10-3-2-5-13-7-10)12(15)11-4-6-16-9-11/h10-11,13H,2-9H2,1H3. The first-order valence-electron chi connectivity index (χ1n) is 6.31. The zero-order valence-electron chi connectivity index (χ0n) is 10.1. The molecule has 2 aliphatic heterocycles. The largest absolute Gasteiger partial charge is 0.345 e. The highest BCUT2D eigenvalue weighted by atomic mass is 32.2. The molecule has 0 aliphatic carbocycles. The number of piperidine rings is 1. The van der Waals surface area contributed by atoms with Crippen LogP contribution in [-0.2, 0) is 4.79 Å². The molecule has 2 fully saturated rings. The number of thioether (sulfide) groups is 1. The van der Waals surface area contributed by atoms with Crippen LogP contribution >= 0.6 is 11.8 Å². The van der Waals surface area contributed by atoms with E-state index in [9.17, 15) is 4.79 Å². The Morgan fingerprint density at radius 1 is 1.50 bits per heavy atom. The van der Waals surface area contributed by atoms with Crippen molar-refractivity contribution in [3.05, 3.63) is 0 Å². The third-order valence-electron chi connectivity index (χ3n) is 3.59. The van der Waals surface area contributed by atoms with Crippen molar-refractivity contribution in [2.45, 2.75) is 19.3 Å². The number of nitrogens with one attached hydrogen (secondary N) is 1. The molecule has 2 saturated heterocycles. The van der Waals surface area contributed by atoms with Crippen LogP contribution in [0.4, 0.5) is 0 Å². The number of hydrogen-bond acceptors (Lipinski definition) is 3. The quantitative estimate of drug-likeness (QED) is 0.807. The molecule has 0 bridgehead atoms. The zero-order valence-corrected chi connectivity index (χ0v) is 10.9. The van der Waals surface area contributed by atoms with Crippen molar-refractivity contribution in [2.75, 3.05) is 38.2 Å². The Morgan fingerprint density at radius 3 is 3.00 bits per heavy atom. The van der Waals surface area contributed by atoms with Gasteiger partial charge in [-0.05, 0) is 44.0 Å². The van der Waals surface area contributed by atoms with Crippen molar-refractivity contribution in [1.29, 1.82) is 0 Å². The molecule has 4 heteroatoms. The highest BCUT2D eigenvalue weighted by Gasteiger charge is 2.27. The molecule has 16 heavy (non-hydrogen) atoms. The van der Waals surface area contributed by atoms with Crippen LogP contribution in [0.5, 0.6) is 0 Å². The van der Waals surface area contributed by atoms with Crippen molar-refractivity contribution in [1.82, 2.24) is 10.2 Å². The second kappa shape index (κ2) is 5.92. The highest BCUT2D eigenvalue weighted by Crippen LogP contribution is 2.25. The molecule has 2 heterocycles. The molecule has 3 nitrogen and oxygen atoms in total. The number of rotatable bonds is 3. The molecule has 0 aromatic rings. The van der Waals surface area contributed by atoms with Crippen molar-refractivity contribution < 1.29 is 4.79 Å². The summed E-state index contributed by atoms with van der Waals surface area (Å²) < 4.78 is 0. The minimum absolute atomic E-state index is 0.298. The summed E-state index contributed by atoms with van der Waals surface area (Å²) in [6.45, 7) is 3.16. The number of amides is 1. The van der Waals surface area contributed by atoms with Crippen LogP contribution in [0.3, 0.4) is 0 Å². The van der Waals surface area contributed by atoms with Gasteiger partial charge in [-0.25, -0.2) is 0 Å². The van der Waals surface area contributed by atoms with Crippen LogP contribution in [0.15, 0.2) is 0 Å². The van der Waals surface area contributed by atoms with Gasteiger partial charge in [0, 0.05) is 25.3 Å². The molecular formula is C12H22N2OS. The van der Waals surface area contributed by atoms with Crippen LogP contribution in [-0.4, -0.2) is 49.0 Å². The summed E-state index contributed by atoms with van der Waals surface area (Å²) in [6, 6.07) is 0. The summed E-state index contributed by atoms with van der Waals surface area (Å²) in [7, 11) is 1.97. The molecule has 1 N–H and O–H groups in total. The van der Waals surface area contributed by atoms with Gasteiger partial charge in [0.05, 0.1) is 0 Å². The van der Waals surface area contributed by atoms with Gasteiger partial charge in [0.25, 0.3) is 0 Å². The van der Waals surface area contributed by atoms with Gasteiger partial charge in [-0.1, -0.05) is 0 Å². The molecule has 0 aromatic heterocycles. The maximum atomic E-state index is 12.1. The van der Waals surface area contributed by atoms with Gasteiger partial charge in [0.1, 0.15) is 0 Å². The van der Waals surface area contributed by atoms with E-state index in [0.717, 1.165) is 37.6 Å². The molecule has 1 amide bonds. The van der Waals surface area contributed by atoms with Crippen molar-refractivity contribution in [3.8, 4) is 0 Å². The fraction of sp³-hybridized carbons (Fsp3) is 0.917. The maximum absolute atomic E-state index is 12.1. The summed E-state index contributed by atoms with van der Waals surface area (Å²) in [5.41, 5.74) is 0. The van der Waals surface area contributed by atoms with Gasteiger partial charge in [0.2, 0.25) is 5.91 Å². The van der Waals surface area contributed by atoms with Crippen LogP contribution in [0.25, 0.3) is 0 Å². The third-order valence-corrected chi connectivity index (χ3v) is 4.75. The smallest absolute Gasteiger partial charge is 0.226 e. The number of carbonyl (C=O) groups excluding carboxylic acids is 1. The summed E-state index contributed by atoms with van der Waals surface area (Å²) in [5, 5.41) is 3.41. The number of nitrogens with zero attached hydrogens (tertiary/aromatic N) is 1. The molecule has 2 unspecified atom stereocenters. The van der Waals surface area contributed by atoms with Crippen molar-refractivity contribution in [2.24, 2.45) is 11.8 Å². The Hall–Kier alpha value is -0.220. The average Bonchev–Trinajstić information content (AvgIpc) is 2.83. The van der Waals surface area contributed by atoms with Crippen LogP contribution in [0.1, 0.15) is 19.3 Å². The zero-order chi connectivity index (χ0) is 11.4. The molecule has 92 valence electrons. The van der Waals surface area contributed by atoms with E-state index in [2.05, 4.69) is 5.32 Å². The van der Waals surface area contributed by atoms with Gasteiger partial charge < -0.3 is 10.2 Å². The second-order valence-corrected chi connectivity index (χ2v) is 6.14. The van der Waals surface area contributed by atoms with E-state index < -0.39 is 0 Å². The SMILES string of the molecule is CN(CC1CCCNC1)C(=O)C1CCSC1. The van der Waals surface area contributed by atoms with E-state index in [1.165, 1.54) is 12.8 Å². The van der Waals surface area contributed by atoms with E-state index >= 15 is 0 Å². The molecule has 2 rings (SSSR count). The second-order valence-electron chi connectivity index (χ2n) is 4.99. The lowest BCUT2D eigenvalue weighted by atomic mass is 9.98. The lowest BCUT2D eigenvalue weighted by Gasteiger charge is -2.29. The highest BCUT2D eigenvalue weighted by molar-refractivity contribution is 7.99. The lowest BCUT2D eigenvalue weighted by Crippen LogP contribution is -2.41. The average molecular weight is 242 g/mol. The minimum atomic E-state index is 0.298. The summed E-state index contributed by atoms with van der Waals surface area (Å²) in [5.74, 6) is 3.53. The Morgan fingerprint density at radius 2 is 2.38 bits per heavy atom. The Kier molecular flexibility index (Phi) is 4.53. The lowest BCUT2D eigenvalue weighted by molar-refractivity contribution is -0.134. The van der Waals surface area contributed by atoms with Crippen LogP contribution in [0, 0.1) is 11.8 Å². The Labute approximate surface area is 102 Å². The maximum Gasteiger partial charge on any atom is 0.226 e. The molecule has 0 radical (unpaired) electrons. The molecule has 2 aliphatic rings. The van der Waals surface area contributed by atoms with Gasteiger partial charge in [-0.15, -0.1) is 0 Å². The topological polar surface area (TPSA) is 32.3 Å². The fourth-order valence-electron chi connectivity index (χ4n) is 2.60. The van der Waals surface area contributed by atoms with Crippen LogP contribution < -0.4 is 5.32 Å². The molecule has 0 spiro atoms. The summed E-state index contributed by atoms with van der Waals surface area (Å²) in [6.07, 6.45) is 3.60. The summed E-state index contributed by atoms with van der Waals surface area (Å²) >= 11 is 1.91. The predicted octanol–water partition coefficient (Wildman–Crippen LogP) is 1.20.